The molecule has 1 heteroatoms. The third-order valence-electron chi connectivity index (χ3n) is 6.45. The second-order valence-corrected chi connectivity index (χ2v) is 8.66. The molecule has 0 spiro atoms. The van der Waals surface area contributed by atoms with Crippen molar-refractivity contribution in [3.05, 3.63) is 152 Å². The fourth-order valence-electron chi connectivity index (χ4n) is 4.71. The first-order chi connectivity index (χ1) is 17.4. The highest BCUT2D eigenvalue weighted by Gasteiger charge is 2.16. The predicted molar refractivity (Wildman–Crippen MR) is 150 cm³/mol. The van der Waals surface area contributed by atoms with Crippen LogP contribution in [0.1, 0.15) is 0 Å². The van der Waals surface area contributed by atoms with Crippen LogP contribution in [-0.2, 0) is 0 Å². The van der Waals surface area contributed by atoms with Crippen LogP contribution in [0.2, 0.25) is 0 Å². The third-order valence-corrected chi connectivity index (χ3v) is 6.45. The van der Waals surface area contributed by atoms with Gasteiger partial charge in [0, 0.05) is 16.9 Å². The van der Waals surface area contributed by atoms with Gasteiger partial charge in [-0.2, -0.15) is 0 Å². The number of fused-ring (bicyclic) bond motifs is 1. The van der Waals surface area contributed by atoms with Crippen LogP contribution in [-0.4, -0.2) is 0 Å². The molecule has 0 N–H and O–H groups in total. The van der Waals surface area contributed by atoms with Crippen LogP contribution >= 0.6 is 0 Å². The van der Waals surface area contributed by atoms with Gasteiger partial charge < -0.3 is 4.90 Å². The van der Waals surface area contributed by atoms with E-state index in [0.717, 1.165) is 17.1 Å². The summed E-state index contributed by atoms with van der Waals surface area (Å²) in [6.07, 6.45) is 0. The summed E-state index contributed by atoms with van der Waals surface area (Å²) in [5.74, 6) is 0. The average Bonchev–Trinajstić information content (AvgIpc) is 2.95. The fourth-order valence-corrected chi connectivity index (χ4v) is 4.71. The Hall–Kier alpha value is -4.62. The Labute approximate surface area is 206 Å². The first-order valence-corrected chi connectivity index (χ1v) is 12.0. The molecular weight excluding hydrogens is 422 g/mol. The molecule has 0 bridgehead atoms. The summed E-state index contributed by atoms with van der Waals surface area (Å²) >= 11 is 0. The van der Waals surface area contributed by atoms with Gasteiger partial charge >= 0.3 is 0 Å². The SMILES string of the molecule is c1ccc(N(c2ccccc2)c2ccccc2-c2ccc(-c3ccc4ccccc4c3)cc2)cc1. The zero-order valence-corrected chi connectivity index (χ0v) is 19.4. The van der Waals surface area contributed by atoms with Crippen LogP contribution < -0.4 is 4.90 Å². The normalized spacial score (nSPS) is 10.9. The van der Waals surface area contributed by atoms with Gasteiger partial charge in [-0.25, -0.2) is 0 Å². The number of rotatable bonds is 5. The molecule has 166 valence electrons. The van der Waals surface area contributed by atoms with Crippen LogP contribution in [0.15, 0.2) is 152 Å². The summed E-state index contributed by atoms with van der Waals surface area (Å²) in [6.45, 7) is 0. The molecule has 6 aromatic carbocycles. The maximum absolute atomic E-state index is 2.33. The van der Waals surface area contributed by atoms with Gasteiger partial charge in [0.2, 0.25) is 0 Å². The smallest absolute Gasteiger partial charge is 0.0540 e. The van der Waals surface area contributed by atoms with Crippen molar-refractivity contribution in [1.29, 1.82) is 0 Å². The molecule has 35 heavy (non-hydrogen) atoms. The van der Waals surface area contributed by atoms with Crippen LogP contribution in [0.5, 0.6) is 0 Å². The van der Waals surface area contributed by atoms with Crippen molar-refractivity contribution >= 4 is 27.8 Å². The lowest BCUT2D eigenvalue weighted by Crippen LogP contribution is -2.10. The number of anilines is 3. The molecular formula is C34H25N. The van der Waals surface area contributed by atoms with E-state index in [-0.39, 0.29) is 0 Å². The van der Waals surface area contributed by atoms with E-state index >= 15 is 0 Å². The van der Waals surface area contributed by atoms with E-state index < -0.39 is 0 Å². The number of para-hydroxylation sites is 3. The minimum atomic E-state index is 1.14. The Bertz CT molecular complexity index is 1530. The monoisotopic (exact) mass is 447 g/mol. The molecule has 6 aromatic rings. The highest BCUT2D eigenvalue weighted by Crippen LogP contribution is 2.40. The first kappa shape index (κ1) is 20.9. The van der Waals surface area contributed by atoms with Gasteiger partial charge in [0.05, 0.1) is 5.69 Å². The van der Waals surface area contributed by atoms with Crippen molar-refractivity contribution < 1.29 is 0 Å². The van der Waals surface area contributed by atoms with Crippen molar-refractivity contribution in [2.45, 2.75) is 0 Å². The minimum absolute atomic E-state index is 1.14. The quantitative estimate of drug-likeness (QED) is 0.254. The van der Waals surface area contributed by atoms with E-state index in [1.54, 1.807) is 0 Å². The van der Waals surface area contributed by atoms with E-state index in [1.165, 1.54) is 33.0 Å². The summed E-state index contributed by atoms with van der Waals surface area (Å²) in [5, 5.41) is 2.53. The van der Waals surface area contributed by atoms with Crippen LogP contribution in [0.25, 0.3) is 33.0 Å². The van der Waals surface area contributed by atoms with Crippen LogP contribution in [0.4, 0.5) is 17.1 Å². The molecule has 0 saturated heterocycles. The van der Waals surface area contributed by atoms with Crippen LogP contribution in [0.3, 0.4) is 0 Å². The molecule has 0 heterocycles. The van der Waals surface area contributed by atoms with Gasteiger partial charge in [-0.05, 0) is 63.9 Å². The van der Waals surface area contributed by atoms with E-state index in [9.17, 15) is 0 Å². The topological polar surface area (TPSA) is 3.24 Å². The lowest BCUT2D eigenvalue weighted by Gasteiger charge is -2.27. The van der Waals surface area contributed by atoms with E-state index in [4.69, 9.17) is 0 Å². The van der Waals surface area contributed by atoms with E-state index in [2.05, 4.69) is 157 Å². The van der Waals surface area contributed by atoms with Gasteiger partial charge in [0.15, 0.2) is 0 Å². The molecule has 6 rings (SSSR count). The summed E-state index contributed by atoms with van der Waals surface area (Å²) in [6, 6.07) is 53.9. The molecule has 0 amide bonds. The zero-order valence-electron chi connectivity index (χ0n) is 19.4. The lowest BCUT2D eigenvalue weighted by molar-refractivity contribution is 1.28. The van der Waals surface area contributed by atoms with Crippen molar-refractivity contribution in [2.24, 2.45) is 0 Å². The number of hydrogen-bond donors (Lipinski definition) is 0. The Morgan fingerprint density at radius 2 is 0.857 bits per heavy atom. The Kier molecular flexibility index (Phi) is 5.58. The van der Waals surface area contributed by atoms with Gasteiger partial charge in [0.25, 0.3) is 0 Å². The van der Waals surface area contributed by atoms with Crippen LogP contribution in [0, 0.1) is 0 Å². The second kappa shape index (κ2) is 9.32. The van der Waals surface area contributed by atoms with Gasteiger partial charge in [-0.1, -0.05) is 115 Å². The van der Waals surface area contributed by atoms with Crippen molar-refractivity contribution in [3.8, 4) is 22.3 Å². The van der Waals surface area contributed by atoms with Crippen molar-refractivity contribution in [3.63, 3.8) is 0 Å². The molecule has 1 nitrogen and oxygen atoms in total. The van der Waals surface area contributed by atoms with Gasteiger partial charge in [-0.15, -0.1) is 0 Å². The van der Waals surface area contributed by atoms with E-state index in [1.807, 2.05) is 0 Å². The van der Waals surface area contributed by atoms with Gasteiger partial charge in [0.1, 0.15) is 0 Å². The maximum Gasteiger partial charge on any atom is 0.0540 e. The van der Waals surface area contributed by atoms with Crippen molar-refractivity contribution in [2.75, 3.05) is 4.90 Å². The third kappa shape index (κ3) is 4.20. The summed E-state index contributed by atoms with van der Waals surface area (Å²) in [5.41, 5.74) is 8.28. The maximum atomic E-state index is 2.33. The highest BCUT2D eigenvalue weighted by molar-refractivity contribution is 5.90. The highest BCUT2D eigenvalue weighted by atomic mass is 15.1. The summed E-state index contributed by atoms with van der Waals surface area (Å²) in [7, 11) is 0. The molecule has 0 atom stereocenters. The minimum Gasteiger partial charge on any atom is -0.310 e. The van der Waals surface area contributed by atoms with Gasteiger partial charge in [-0.3, -0.25) is 0 Å². The first-order valence-electron chi connectivity index (χ1n) is 12.0. The number of hydrogen-bond acceptors (Lipinski definition) is 1. The number of nitrogens with zero attached hydrogens (tertiary/aromatic N) is 1. The molecule has 0 radical (unpaired) electrons. The zero-order chi connectivity index (χ0) is 23.5. The largest absolute Gasteiger partial charge is 0.310 e. The molecule has 0 unspecified atom stereocenters. The standard InChI is InChI=1S/C34H25N/c1-3-13-31(14-4-1)35(32-15-5-2-6-16-32)34-18-10-9-17-33(34)28-22-19-27(20-23-28)30-24-21-26-11-7-8-12-29(26)25-30/h1-25H. The Balaban J connectivity index is 1.42. The average molecular weight is 448 g/mol. The molecule has 0 aliphatic carbocycles. The van der Waals surface area contributed by atoms with Crippen molar-refractivity contribution in [1.82, 2.24) is 0 Å². The molecule has 0 aromatic heterocycles. The van der Waals surface area contributed by atoms with E-state index in [0.29, 0.717) is 0 Å². The second-order valence-electron chi connectivity index (χ2n) is 8.66. The molecule has 0 aliphatic heterocycles. The summed E-state index contributed by atoms with van der Waals surface area (Å²) < 4.78 is 0. The number of benzene rings is 6. The summed E-state index contributed by atoms with van der Waals surface area (Å²) in [4.78, 5) is 2.33. The molecule has 0 aliphatic rings. The lowest BCUT2D eigenvalue weighted by atomic mass is 9.97. The Morgan fingerprint density at radius 3 is 1.54 bits per heavy atom. The molecule has 0 fully saturated rings. The predicted octanol–water partition coefficient (Wildman–Crippen LogP) is 9.64. The molecule has 0 saturated carbocycles. The Morgan fingerprint density at radius 1 is 0.343 bits per heavy atom. The fraction of sp³-hybridized carbons (Fsp3) is 0.